The van der Waals surface area contributed by atoms with Crippen molar-refractivity contribution in [2.45, 2.75) is 25.6 Å². The first kappa shape index (κ1) is 17.7. The molecule has 2 atom stereocenters. The number of carbonyl (C=O) groups excluding carboxylic acids is 1. The number of hydrogen-bond acceptors (Lipinski definition) is 4. The normalized spacial score (nSPS) is 21.3. The molecule has 6 nitrogen and oxygen atoms in total. The molecule has 142 valence electrons. The number of rotatable bonds is 4. The van der Waals surface area contributed by atoms with Gasteiger partial charge in [0.25, 0.3) is 0 Å². The quantitative estimate of drug-likeness (QED) is 0.872. The van der Waals surface area contributed by atoms with Crippen LogP contribution in [0.1, 0.15) is 24.1 Å². The van der Waals surface area contributed by atoms with Crippen molar-refractivity contribution in [1.82, 2.24) is 10.6 Å². The highest BCUT2D eigenvalue weighted by molar-refractivity contribution is 5.75. The Hall–Kier alpha value is -2.73. The van der Waals surface area contributed by atoms with E-state index in [0.29, 0.717) is 6.54 Å². The van der Waals surface area contributed by atoms with Crippen molar-refractivity contribution in [3.63, 3.8) is 0 Å². The van der Waals surface area contributed by atoms with E-state index in [1.54, 1.807) is 0 Å². The van der Waals surface area contributed by atoms with Gasteiger partial charge < -0.3 is 25.0 Å². The Morgan fingerprint density at radius 1 is 1.11 bits per heavy atom. The highest BCUT2D eigenvalue weighted by atomic mass is 16.5. The van der Waals surface area contributed by atoms with Gasteiger partial charge in [-0.2, -0.15) is 0 Å². The maximum Gasteiger partial charge on any atom is 0.315 e. The first-order valence-corrected chi connectivity index (χ1v) is 9.43. The average Bonchev–Trinajstić information content (AvgIpc) is 3.02. The third-order valence-electron chi connectivity index (χ3n) is 5.11. The van der Waals surface area contributed by atoms with E-state index in [1.165, 1.54) is 0 Å². The Labute approximate surface area is 159 Å². The van der Waals surface area contributed by atoms with Crippen molar-refractivity contribution in [2.24, 2.45) is 0 Å². The number of hydrogen-bond donors (Lipinski definition) is 2. The molecule has 0 aromatic heterocycles. The molecular formula is C21H25N3O3. The second kappa shape index (κ2) is 7.88. The standard InChI is InChI=1S/C21H25N3O3/c1-15-20(17-7-3-5-9-19(17)27-15)23-21(25)22-14-16-6-2-4-8-18(16)24-10-12-26-13-11-24/h2-9,15,20H,10-14H2,1H3,(H2,22,23,25). The number of nitrogens with one attached hydrogen (secondary N) is 2. The molecule has 1 fully saturated rings. The summed E-state index contributed by atoms with van der Waals surface area (Å²) >= 11 is 0. The molecule has 0 bridgehead atoms. The molecule has 2 aliphatic rings. The van der Waals surface area contributed by atoms with E-state index >= 15 is 0 Å². The lowest BCUT2D eigenvalue weighted by atomic mass is 10.1. The lowest BCUT2D eigenvalue weighted by Gasteiger charge is -2.30. The van der Waals surface area contributed by atoms with E-state index in [4.69, 9.17) is 9.47 Å². The Bertz CT molecular complexity index is 805. The van der Waals surface area contributed by atoms with Gasteiger partial charge >= 0.3 is 6.03 Å². The van der Waals surface area contributed by atoms with Crippen LogP contribution in [0, 0.1) is 0 Å². The molecule has 2 aromatic carbocycles. The highest BCUT2D eigenvalue weighted by Crippen LogP contribution is 2.36. The minimum atomic E-state index is -0.191. The van der Waals surface area contributed by atoms with Crippen LogP contribution in [-0.4, -0.2) is 38.4 Å². The summed E-state index contributed by atoms with van der Waals surface area (Å²) in [5.41, 5.74) is 3.28. The number of morpholine rings is 1. The minimum absolute atomic E-state index is 0.0891. The molecule has 2 aliphatic heterocycles. The molecule has 2 heterocycles. The first-order valence-electron chi connectivity index (χ1n) is 9.43. The molecule has 2 amide bonds. The number of para-hydroxylation sites is 2. The van der Waals surface area contributed by atoms with Gasteiger partial charge in [-0.15, -0.1) is 0 Å². The average molecular weight is 367 g/mol. The van der Waals surface area contributed by atoms with Crippen LogP contribution < -0.4 is 20.3 Å². The summed E-state index contributed by atoms with van der Waals surface area (Å²) < 4.78 is 11.3. The van der Waals surface area contributed by atoms with Gasteiger partial charge in [0.2, 0.25) is 0 Å². The van der Waals surface area contributed by atoms with Crippen LogP contribution in [0.2, 0.25) is 0 Å². The van der Waals surface area contributed by atoms with Crippen LogP contribution in [0.4, 0.5) is 10.5 Å². The summed E-state index contributed by atoms with van der Waals surface area (Å²) in [4.78, 5) is 14.8. The maximum absolute atomic E-state index is 12.5. The molecule has 0 radical (unpaired) electrons. The maximum atomic E-state index is 12.5. The van der Waals surface area contributed by atoms with Crippen molar-refractivity contribution < 1.29 is 14.3 Å². The van der Waals surface area contributed by atoms with Gasteiger partial charge in [0, 0.05) is 30.9 Å². The molecule has 0 spiro atoms. The van der Waals surface area contributed by atoms with Crippen molar-refractivity contribution in [1.29, 1.82) is 0 Å². The molecular weight excluding hydrogens is 342 g/mol. The lowest BCUT2D eigenvalue weighted by molar-refractivity contribution is 0.122. The van der Waals surface area contributed by atoms with E-state index in [0.717, 1.165) is 48.9 Å². The highest BCUT2D eigenvalue weighted by Gasteiger charge is 2.32. The van der Waals surface area contributed by atoms with E-state index in [1.807, 2.05) is 43.3 Å². The fourth-order valence-electron chi connectivity index (χ4n) is 3.70. The Balaban J connectivity index is 1.39. The smallest absolute Gasteiger partial charge is 0.315 e. The molecule has 27 heavy (non-hydrogen) atoms. The van der Waals surface area contributed by atoms with Crippen LogP contribution in [0.25, 0.3) is 0 Å². The van der Waals surface area contributed by atoms with Crippen LogP contribution in [0.15, 0.2) is 48.5 Å². The van der Waals surface area contributed by atoms with Gasteiger partial charge in [0.05, 0.1) is 19.3 Å². The van der Waals surface area contributed by atoms with Crippen molar-refractivity contribution in [3.05, 3.63) is 59.7 Å². The summed E-state index contributed by atoms with van der Waals surface area (Å²) in [7, 11) is 0. The van der Waals surface area contributed by atoms with Gasteiger partial charge in [0.1, 0.15) is 11.9 Å². The van der Waals surface area contributed by atoms with E-state index in [-0.39, 0.29) is 18.2 Å². The second-order valence-electron chi connectivity index (χ2n) is 6.89. The molecule has 2 N–H and O–H groups in total. The number of nitrogens with zero attached hydrogens (tertiary/aromatic N) is 1. The monoisotopic (exact) mass is 367 g/mol. The van der Waals surface area contributed by atoms with Gasteiger partial charge in [0.15, 0.2) is 0 Å². The van der Waals surface area contributed by atoms with E-state index in [9.17, 15) is 4.79 Å². The minimum Gasteiger partial charge on any atom is -0.488 e. The predicted octanol–water partition coefficient (Wildman–Crippen LogP) is 2.84. The number of anilines is 1. The predicted molar refractivity (Wildman–Crippen MR) is 104 cm³/mol. The zero-order valence-electron chi connectivity index (χ0n) is 15.5. The topological polar surface area (TPSA) is 62.8 Å². The molecule has 2 unspecified atom stereocenters. The SMILES string of the molecule is CC1Oc2ccccc2C1NC(=O)NCc1ccccc1N1CCOCC1. The molecule has 0 aliphatic carbocycles. The molecule has 2 aromatic rings. The first-order chi connectivity index (χ1) is 13.2. The number of benzene rings is 2. The number of ether oxygens (including phenoxy) is 2. The van der Waals surface area contributed by atoms with Crippen molar-refractivity contribution in [2.75, 3.05) is 31.2 Å². The Morgan fingerprint density at radius 3 is 2.70 bits per heavy atom. The third-order valence-corrected chi connectivity index (χ3v) is 5.11. The zero-order chi connectivity index (χ0) is 18.6. The lowest BCUT2D eigenvalue weighted by Crippen LogP contribution is -2.41. The van der Waals surface area contributed by atoms with Gasteiger partial charge in [-0.05, 0) is 24.6 Å². The van der Waals surface area contributed by atoms with Gasteiger partial charge in [-0.1, -0.05) is 36.4 Å². The van der Waals surface area contributed by atoms with Gasteiger partial charge in [-0.3, -0.25) is 0 Å². The summed E-state index contributed by atoms with van der Waals surface area (Å²) in [6.07, 6.45) is -0.0891. The summed E-state index contributed by atoms with van der Waals surface area (Å²) in [5, 5.41) is 6.04. The van der Waals surface area contributed by atoms with Gasteiger partial charge in [-0.25, -0.2) is 4.79 Å². The number of urea groups is 1. The van der Waals surface area contributed by atoms with E-state index in [2.05, 4.69) is 27.7 Å². The number of amides is 2. The van der Waals surface area contributed by atoms with Crippen LogP contribution >= 0.6 is 0 Å². The largest absolute Gasteiger partial charge is 0.488 e. The third kappa shape index (κ3) is 3.85. The molecule has 6 heteroatoms. The summed E-state index contributed by atoms with van der Waals surface area (Å²) in [6.45, 7) is 5.66. The fraction of sp³-hybridized carbons (Fsp3) is 0.381. The van der Waals surface area contributed by atoms with Crippen molar-refractivity contribution in [3.8, 4) is 5.75 Å². The second-order valence-corrected chi connectivity index (χ2v) is 6.89. The zero-order valence-corrected chi connectivity index (χ0v) is 15.5. The Kier molecular flexibility index (Phi) is 5.16. The van der Waals surface area contributed by atoms with E-state index < -0.39 is 0 Å². The van der Waals surface area contributed by atoms with Crippen molar-refractivity contribution >= 4 is 11.7 Å². The van der Waals surface area contributed by atoms with Crippen LogP contribution in [-0.2, 0) is 11.3 Å². The Morgan fingerprint density at radius 2 is 1.85 bits per heavy atom. The van der Waals surface area contributed by atoms with Crippen LogP contribution in [0.5, 0.6) is 5.75 Å². The molecule has 1 saturated heterocycles. The number of carbonyl (C=O) groups is 1. The number of fused-ring (bicyclic) bond motifs is 1. The molecule has 4 rings (SSSR count). The molecule has 0 saturated carbocycles. The van der Waals surface area contributed by atoms with Crippen LogP contribution in [0.3, 0.4) is 0 Å². The summed E-state index contributed by atoms with van der Waals surface area (Å²) in [5.74, 6) is 0.841. The fourth-order valence-corrected chi connectivity index (χ4v) is 3.70. The summed E-state index contributed by atoms with van der Waals surface area (Å²) in [6, 6.07) is 15.7.